The number of nitrogens with one attached hydrogen (secondary N) is 1. The summed E-state index contributed by atoms with van der Waals surface area (Å²) in [6.45, 7) is 4.48. The molecule has 1 aromatic heterocycles. The van der Waals surface area contributed by atoms with Crippen molar-refractivity contribution in [3.63, 3.8) is 0 Å². The van der Waals surface area contributed by atoms with Crippen LogP contribution in [0.5, 0.6) is 0 Å². The van der Waals surface area contributed by atoms with E-state index in [4.69, 9.17) is 5.73 Å². The number of amides is 1. The number of aromatic nitrogens is 1. The van der Waals surface area contributed by atoms with Gasteiger partial charge in [0.25, 0.3) is 0 Å². The number of H-pyrrole nitrogens is 1. The molecule has 1 amide bonds. The van der Waals surface area contributed by atoms with Crippen molar-refractivity contribution in [3.05, 3.63) is 65.6 Å². The molecule has 2 aromatic carbocycles. The lowest BCUT2D eigenvalue weighted by molar-refractivity contribution is 0.100. The number of nitrogens with zero attached hydrogens (tertiary/aromatic N) is 2. The minimum Gasteiger partial charge on any atom is -0.369 e. The van der Waals surface area contributed by atoms with E-state index in [9.17, 15) is 9.18 Å². The zero-order valence-corrected chi connectivity index (χ0v) is 14.4. The van der Waals surface area contributed by atoms with Crippen molar-refractivity contribution in [2.24, 2.45) is 5.73 Å². The third-order valence-corrected chi connectivity index (χ3v) is 5.01. The smallest absolute Gasteiger partial charge is 0.248 e. The van der Waals surface area contributed by atoms with Gasteiger partial charge in [-0.1, -0.05) is 0 Å². The van der Waals surface area contributed by atoms with Crippen LogP contribution in [0, 0.1) is 5.82 Å². The molecule has 6 heteroatoms. The second-order valence-corrected chi connectivity index (χ2v) is 6.68. The lowest BCUT2D eigenvalue weighted by atomic mass is 10.1. The van der Waals surface area contributed by atoms with Crippen LogP contribution in [0.2, 0.25) is 0 Å². The van der Waals surface area contributed by atoms with Crippen LogP contribution in [-0.2, 0) is 6.54 Å². The maximum Gasteiger partial charge on any atom is 0.248 e. The molecule has 2 heterocycles. The average molecular weight is 352 g/mol. The van der Waals surface area contributed by atoms with Crippen LogP contribution < -0.4 is 10.6 Å². The van der Waals surface area contributed by atoms with Gasteiger partial charge in [0.15, 0.2) is 0 Å². The zero-order valence-electron chi connectivity index (χ0n) is 14.4. The zero-order chi connectivity index (χ0) is 18.1. The molecule has 4 rings (SSSR count). The van der Waals surface area contributed by atoms with Crippen LogP contribution in [0.25, 0.3) is 10.9 Å². The lowest BCUT2D eigenvalue weighted by Gasteiger charge is -2.36. The Hall–Kier alpha value is -2.86. The van der Waals surface area contributed by atoms with Gasteiger partial charge >= 0.3 is 0 Å². The molecule has 5 nitrogen and oxygen atoms in total. The first-order valence-corrected chi connectivity index (χ1v) is 8.73. The molecule has 26 heavy (non-hydrogen) atoms. The van der Waals surface area contributed by atoms with Crippen LogP contribution in [-0.4, -0.2) is 42.0 Å². The summed E-state index contributed by atoms with van der Waals surface area (Å²) in [5.74, 6) is -0.612. The predicted octanol–water partition coefficient (Wildman–Crippen LogP) is 2.73. The summed E-state index contributed by atoms with van der Waals surface area (Å²) in [5, 5.41) is 0.953. The largest absolute Gasteiger partial charge is 0.369 e. The Labute approximate surface area is 151 Å². The second-order valence-electron chi connectivity index (χ2n) is 6.68. The molecule has 3 N–H and O–H groups in total. The van der Waals surface area contributed by atoms with E-state index in [1.165, 1.54) is 6.07 Å². The number of benzene rings is 2. The fraction of sp³-hybridized carbons (Fsp3) is 0.250. The Morgan fingerprint density at radius 3 is 2.50 bits per heavy atom. The first-order chi connectivity index (χ1) is 12.6. The van der Waals surface area contributed by atoms with Crippen LogP contribution in [0.3, 0.4) is 0 Å². The Morgan fingerprint density at radius 2 is 1.81 bits per heavy atom. The van der Waals surface area contributed by atoms with Crippen molar-refractivity contribution in [2.45, 2.75) is 6.54 Å². The van der Waals surface area contributed by atoms with E-state index in [2.05, 4.69) is 14.8 Å². The van der Waals surface area contributed by atoms with E-state index in [-0.39, 0.29) is 5.82 Å². The highest BCUT2D eigenvalue weighted by atomic mass is 19.1. The van der Waals surface area contributed by atoms with Gasteiger partial charge in [0.1, 0.15) is 5.82 Å². The summed E-state index contributed by atoms with van der Waals surface area (Å²) in [4.78, 5) is 19.1. The van der Waals surface area contributed by atoms with Crippen molar-refractivity contribution in [2.75, 3.05) is 31.1 Å². The molecule has 1 fully saturated rings. The molecule has 0 aliphatic carbocycles. The minimum absolute atomic E-state index is 0.206. The summed E-state index contributed by atoms with van der Waals surface area (Å²) in [6.07, 6.45) is 1.97. The van der Waals surface area contributed by atoms with E-state index in [0.29, 0.717) is 5.56 Å². The summed E-state index contributed by atoms with van der Waals surface area (Å²) in [5.41, 5.74) is 9.01. The topological polar surface area (TPSA) is 65.4 Å². The van der Waals surface area contributed by atoms with Gasteiger partial charge in [-0.15, -0.1) is 0 Å². The van der Waals surface area contributed by atoms with E-state index in [1.807, 2.05) is 18.3 Å². The summed E-state index contributed by atoms with van der Waals surface area (Å²) < 4.78 is 13.5. The lowest BCUT2D eigenvalue weighted by Crippen LogP contribution is -2.45. The Bertz CT molecular complexity index is 927. The highest BCUT2D eigenvalue weighted by Gasteiger charge is 2.18. The third kappa shape index (κ3) is 3.28. The molecule has 134 valence electrons. The van der Waals surface area contributed by atoms with Crippen molar-refractivity contribution < 1.29 is 9.18 Å². The number of anilines is 1. The number of halogens is 1. The molecule has 1 aliphatic heterocycles. The van der Waals surface area contributed by atoms with Gasteiger partial charge in [-0.3, -0.25) is 9.69 Å². The number of primary amides is 1. The quantitative estimate of drug-likeness (QED) is 0.759. The molecule has 0 unspecified atom stereocenters. The Morgan fingerprint density at radius 1 is 1.08 bits per heavy atom. The molecule has 1 aliphatic rings. The van der Waals surface area contributed by atoms with Gasteiger partial charge in [-0.05, 0) is 48.0 Å². The Kier molecular flexibility index (Phi) is 4.34. The molecular weight excluding hydrogens is 331 g/mol. The summed E-state index contributed by atoms with van der Waals surface area (Å²) in [7, 11) is 0. The van der Waals surface area contributed by atoms with Gasteiger partial charge in [0.05, 0.1) is 0 Å². The van der Waals surface area contributed by atoms with Crippen LogP contribution in [0.4, 0.5) is 10.1 Å². The molecule has 0 atom stereocenters. The SMILES string of the molecule is NC(=O)c1ccc(N2CCN(Cc3c[nH]c4ccc(F)cc34)CC2)cc1. The van der Waals surface area contributed by atoms with Crippen LogP contribution in [0.15, 0.2) is 48.7 Å². The monoisotopic (exact) mass is 352 g/mol. The number of rotatable bonds is 4. The van der Waals surface area contributed by atoms with Gasteiger partial charge in [-0.2, -0.15) is 0 Å². The number of fused-ring (bicyclic) bond motifs is 1. The molecule has 0 radical (unpaired) electrons. The number of hydrogen-bond acceptors (Lipinski definition) is 3. The molecular formula is C20H21FN4O. The van der Waals surface area contributed by atoms with E-state index in [1.54, 1.807) is 24.3 Å². The maximum absolute atomic E-state index is 13.5. The fourth-order valence-corrected chi connectivity index (χ4v) is 3.52. The fourth-order valence-electron chi connectivity index (χ4n) is 3.52. The van der Waals surface area contributed by atoms with Crippen LogP contribution in [0.1, 0.15) is 15.9 Å². The number of nitrogens with two attached hydrogens (primary N) is 1. The average Bonchev–Trinajstić information content (AvgIpc) is 3.04. The number of carbonyl (C=O) groups excluding carboxylic acids is 1. The van der Waals surface area contributed by atoms with Gasteiger partial charge < -0.3 is 15.6 Å². The highest BCUT2D eigenvalue weighted by Crippen LogP contribution is 2.22. The van der Waals surface area contributed by atoms with Crippen molar-refractivity contribution in [1.82, 2.24) is 9.88 Å². The number of aromatic amines is 1. The molecule has 3 aromatic rings. The number of hydrogen-bond donors (Lipinski definition) is 2. The van der Waals surface area contributed by atoms with E-state index in [0.717, 1.165) is 54.9 Å². The van der Waals surface area contributed by atoms with Gasteiger partial charge in [-0.25, -0.2) is 4.39 Å². The summed E-state index contributed by atoms with van der Waals surface area (Å²) in [6, 6.07) is 12.3. The molecule has 0 spiro atoms. The molecule has 1 saturated heterocycles. The van der Waals surface area contributed by atoms with E-state index < -0.39 is 5.91 Å². The van der Waals surface area contributed by atoms with E-state index >= 15 is 0 Å². The maximum atomic E-state index is 13.5. The number of piperazine rings is 1. The standard InChI is InChI=1S/C20H21FN4O/c21-16-3-6-19-18(11-16)15(12-23-19)13-24-7-9-25(10-8-24)17-4-1-14(2-5-17)20(22)26/h1-6,11-12,23H,7-10,13H2,(H2,22,26). The van der Waals surface area contributed by atoms with Crippen molar-refractivity contribution in [3.8, 4) is 0 Å². The normalized spacial score (nSPS) is 15.5. The van der Waals surface area contributed by atoms with Crippen molar-refractivity contribution in [1.29, 1.82) is 0 Å². The van der Waals surface area contributed by atoms with Gasteiger partial charge in [0, 0.05) is 61.1 Å². The first-order valence-electron chi connectivity index (χ1n) is 8.73. The van der Waals surface area contributed by atoms with Crippen molar-refractivity contribution >= 4 is 22.5 Å². The van der Waals surface area contributed by atoms with Crippen LogP contribution >= 0.6 is 0 Å². The Balaban J connectivity index is 1.40. The molecule has 0 saturated carbocycles. The first kappa shape index (κ1) is 16.6. The predicted molar refractivity (Wildman–Crippen MR) is 101 cm³/mol. The summed E-state index contributed by atoms with van der Waals surface area (Å²) >= 11 is 0. The molecule has 0 bridgehead atoms. The van der Waals surface area contributed by atoms with Gasteiger partial charge in [0.2, 0.25) is 5.91 Å². The highest BCUT2D eigenvalue weighted by molar-refractivity contribution is 5.93. The third-order valence-electron chi connectivity index (χ3n) is 5.01. The number of carbonyl (C=O) groups is 1. The minimum atomic E-state index is -0.406. The second kappa shape index (κ2) is 6.80.